The van der Waals surface area contributed by atoms with Crippen molar-refractivity contribution in [1.82, 2.24) is 4.72 Å². The molecule has 0 aromatic heterocycles. The minimum absolute atomic E-state index is 0.326. The van der Waals surface area contributed by atoms with Crippen molar-refractivity contribution in [2.24, 2.45) is 23.2 Å². The predicted molar refractivity (Wildman–Crippen MR) is 72.9 cm³/mol. The third-order valence-electron chi connectivity index (χ3n) is 5.29. The van der Waals surface area contributed by atoms with Gasteiger partial charge in [0, 0.05) is 6.54 Å². The van der Waals surface area contributed by atoms with Crippen LogP contribution < -0.4 is 4.72 Å². The number of alkyl halides is 1. The monoisotopic (exact) mass is 291 g/mol. The highest BCUT2D eigenvalue weighted by Crippen LogP contribution is 2.61. The number of hydrogen-bond donors (Lipinski definition) is 1. The van der Waals surface area contributed by atoms with Crippen LogP contribution in [0.4, 0.5) is 0 Å². The molecule has 4 aliphatic rings. The lowest BCUT2D eigenvalue weighted by Crippen LogP contribution is -2.47. The first-order chi connectivity index (χ1) is 8.50. The molecule has 18 heavy (non-hydrogen) atoms. The van der Waals surface area contributed by atoms with Gasteiger partial charge >= 0.3 is 0 Å². The molecule has 4 saturated carbocycles. The van der Waals surface area contributed by atoms with Crippen LogP contribution in [0.15, 0.2) is 0 Å². The molecule has 0 heterocycles. The second-order valence-corrected chi connectivity index (χ2v) is 9.18. The van der Waals surface area contributed by atoms with Gasteiger partial charge in [-0.15, -0.1) is 11.6 Å². The van der Waals surface area contributed by atoms with E-state index in [0.29, 0.717) is 12.0 Å². The van der Waals surface area contributed by atoms with E-state index >= 15 is 0 Å². The first-order valence-corrected chi connectivity index (χ1v) is 9.22. The highest BCUT2D eigenvalue weighted by molar-refractivity contribution is 7.90. The van der Waals surface area contributed by atoms with E-state index in [9.17, 15) is 8.42 Å². The fourth-order valence-corrected chi connectivity index (χ4v) is 5.83. The zero-order valence-corrected chi connectivity index (χ0v) is 12.3. The molecule has 0 atom stereocenters. The van der Waals surface area contributed by atoms with Gasteiger partial charge in [0.1, 0.15) is 5.21 Å². The number of sulfonamides is 1. The standard InChI is InChI=1S/C13H22ClNO2S/c14-9-18(16,17)15-2-1-13-6-10-3-11(7-13)5-12(4-10)8-13/h10-12,15H,1-9H2. The lowest BCUT2D eigenvalue weighted by Gasteiger charge is -2.57. The quantitative estimate of drug-likeness (QED) is 0.792. The molecule has 0 radical (unpaired) electrons. The Morgan fingerprint density at radius 3 is 2.00 bits per heavy atom. The molecule has 1 N–H and O–H groups in total. The Bertz CT molecular complexity index is 385. The van der Waals surface area contributed by atoms with E-state index in [1.165, 1.54) is 38.5 Å². The van der Waals surface area contributed by atoms with Crippen LogP contribution in [0.5, 0.6) is 0 Å². The number of hydrogen-bond acceptors (Lipinski definition) is 2. The minimum Gasteiger partial charge on any atom is -0.214 e. The summed E-state index contributed by atoms with van der Waals surface area (Å²) in [5, 5.41) is -0.326. The van der Waals surface area contributed by atoms with Gasteiger partial charge in [-0.2, -0.15) is 0 Å². The third kappa shape index (κ3) is 2.56. The number of rotatable bonds is 5. The van der Waals surface area contributed by atoms with Crippen LogP contribution in [-0.2, 0) is 10.0 Å². The zero-order valence-electron chi connectivity index (χ0n) is 10.7. The van der Waals surface area contributed by atoms with Gasteiger partial charge in [0.25, 0.3) is 0 Å². The smallest absolute Gasteiger partial charge is 0.214 e. The average molecular weight is 292 g/mol. The SMILES string of the molecule is O=S(=O)(CCl)NCCC12CC3CC(CC(C3)C1)C2. The van der Waals surface area contributed by atoms with Gasteiger partial charge in [0.15, 0.2) is 0 Å². The average Bonchev–Trinajstić information content (AvgIpc) is 2.26. The van der Waals surface area contributed by atoms with E-state index < -0.39 is 10.0 Å². The van der Waals surface area contributed by atoms with Crippen molar-refractivity contribution in [1.29, 1.82) is 0 Å². The Kier molecular flexibility index (Phi) is 3.40. The maximum absolute atomic E-state index is 11.3. The first-order valence-electron chi connectivity index (χ1n) is 7.04. The summed E-state index contributed by atoms with van der Waals surface area (Å²) < 4.78 is 25.3. The molecule has 0 unspecified atom stereocenters. The molecule has 4 fully saturated rings. The highest BCUT2D eigenvalue weighted by atomic mass is 35.5. The number of nitrogens with one attached hydrogen (secondary N) is 1. The molecular formula is C13H22ClNO2S. The van der Waals surface area contributed by atoms with Crippen LogP contribution in [0.2, 0.25) is 0 Å². The molecule has 5 heteroatoms. The summed E-state index contributed by atoms with van der Waals surface area (Å²) in [5.74, 6) is 2.79. The molecule has 0 spiro atoms. The summed E-state index contributed by atoms with van der Waals surface area (Å²) in [7, 11) is -3.24. The molecule has 0 amide bonds. The van der Waals surface area contributed by atoms with Crippen LogP contribution in [0, 0.1) is 23.2 Å². The lowest BCUT2D eigenvalue weighted by molar-refractivity contribution is -0.0561. The fraction of sp³-hybridized carbons (Fsp3) is 1.00. The van der Waals surface area contributed by atoms with Gasteiger partial charge < -0.3 is 0 Å². The summed E-state index contributed by atoms with van der Waals surface area (Å²) in [6.45, 7) is 0.571. The Hall–Kier alpha value is 0.200. The van der Waals surface area contributed by atoms with Crippen molar-refractivity contribution in [3.8, 4) is 0 Å². The van der Waals surface area contributed by atoms with Gasteiger partial charge in [0.05, 0.1) is 0 Å². The Morgan fingerprint density at radius 2 is 1.56 bits per heavy atom. The van der Waals surface area contributed by atoms with Crippen LogP contribution in [0.1, 0.15) is 44.9 Å². The van der Waals surface area contributed by atoms with Gasteiger partial charge in [-0.1, -0.05) is 0 Å². The molecular weight excluding hydrogens is 270 g/mol. The Balaban J connectivity index is 1.59. The van der Waals surface area contributed by atoms with E-state index in [4.69, 9.17) is 11.6 Å². The van der Waals surface area contributed by atoms with E-state index in [-0.39, 0.29) is 5.21 Å². The normalized spacial score (nSPS) is 42.4. The largest absolute Gasteiger partial charge is 0.225 e. The molecule has 0 aromatic rings. The molecule has 4 rings (SSSR count). The van der Waals surface area contributed by atoms with Crippen molar-refractivity contribution in [3.63, 3.8) is 0 Å². The van der Waals surface area contributed by atoms with Crippen molar-refractivity contribution in [2.75, 3.05) is 11.8 Å². The van der Waals surface area contributed by atoms with Crippen molar-refractivity contribution >= 4 is 21.6 Å². The summed E-state index contributed by atoms with van der Waals surface area (Å²) in [6.07, 6.45) is 9.32. The summed E-state index contributed by atoms with van der Waals surface area (Å²) in [5.41, 5.74) is 0.448. The molecule has 0 aromatic carbocycles. The number of halogens is 1. The maximum Gasteiger partial charge on any atom is 0.225 e. The molecule has 4 bridgehead atoms. The summed E-state index contributed by atoms with van der Waals surface area (Å²) >= 11 is 5.40. The molecule has 0 aliphatic heterocycles. The van der Waals surface area contributed by atoms with Gasteiger partial charge in [-0.05, 0) is 68.1 Å². The van der Waals surface area contributed by atoms with Crippen molar-refractivity contribution in [2.45, 2.75) is 44.9 Å². The molecule has 0 saturated heterocycles. The van der Waals surface area contributed by atoms with E-state index in [2.05, 4.69) is 4.72 Å². The van der Waals surface area contributed by atoms with E-state index in [1.54, 1.807) is 0 Å². The van der Waals surface area contributed by atoms with Gasteiger partial charge in [-0.25, -0.2) is 13.1 Å². The van der Waals surface area contributed by atoms with Crippen LogP contribution in [-0.4, -0.2) is 20.2 Å². The Morgan fingerprint density at radius 1 is 1.06 bits per heavy atom. The highest BCUT2D eigenvalue weighted by Gasteiger charge is 2.50. The summed E-state index contributed by atoms with van der Waals surface area (Å²) in [4.78, 5) is 0. The molecule has 104 valence electrons. The first kappa shape index (κ1) is 13.2. The molecule has 3 nitrogen and oxygen atoms in total. The van der Waals surface area contributed by atoms with E-state index in [0.717, 1.165) is 24.2 Å². The lowest BCUT2D eigenvalue weighted by atomic mass is 9.49. The predicted octanol–water partition coefficient (Wildman–Crippen LogP) is 2.71. The topological polar surface area (TPSA) is 46.2 Å². The minimum atomic E-state index is -3.24. The van der Waals surface area contributed by atoms with Crippen LogP contribution in [0.25, 0.3) is 0 Å². The van der Waals surface area contributed by atoms with Crippen LogP contribution >= 0.6 is 11.6 Å². The zero-order chi connectivity index (χ0) is 12.8. The third-order valence-corrected chi connectivity index (χ3v) is 7.08. The maximum atomic E-state index is 11.3. The van der Waals surface area contributed by atoms with E-state index in [1.807, 2.05) is 0 Å². The second kappa shape index (κ2) is 4.64. The fourth-order valence-electron chi connectivity index (χ4n) is 5.11. The van der Waals surface area contributed by atoms with Gasteiger partial charge in [-0.3, -0.25) is 0 Å². The Labute approximate surface area is 115 Å². The second-order valence-electron chi connectivity index (χ2n) is 6.79. The van der Waals surface area contributed by atoms with Crippen molar-refractivity contribution in [3.05, 3.63) is 0 Å². The van der Waals surface area contributed by atoms with Gasteiger partial charge in [0.2, 0.25) is 10.0 Å². The summed E-state index contributed by atoms with van der Waals surface area (Å²) in [6, 6.07) is 0. The molecule has 4 aliphatic carbocycles. The van der Waals surface area contributed by atoms with Crippen LogP contribution in [0.3, 0.4) is 0 Å². The van der Waals surface area contributed by atoms with Crippen molar-refractivity contribution < 1.29 is 8.42 Å².